The Bertz CT molecular complexity index is 840. The summed E-state index contributed by atoms with van der Waals surface area (Å²) in [6.07, 6.45) is 0. The maximum absolute atomic E-state index is 13.8. The highest BCUT2D eigenvalue weighted by molar-refractivity contribution is 6.31. The van der Waals surface area contributed by atoms with Crippen molar-refractivity contribution in [3.8, 4) is 5.69 Å². The Balaban J connectivity index is 2.34. The first-order chi connectivity index (χ1) is 10.0. The van der Waals surface area contributed by atoms with Gasteiger partial charge < -0.3 is 0 Å². The van der Waals surface area contributed by atoms with Crippen molar-refractivity contribution in [2.24, 2.45) is 0 Å². The van der Waals surface area contributed by atoms with Gasteiger partial charge in [0.15, 0.2) is 0 Å². The van der Waals surface area contributed by atoms with Crippen LogP contribution >= 0.6 is 23.2 Å². The summed E-state index contributed by atoms with van der Waals surface area (Å²) in [6.45, 7) is 4.09. The van der Waals surface area contributed by atoms with Gasteiger partial charge in [-0.1, -0.05) is 17.7 Å². The van der Waals surface area contributed by atoms with Crippen molar-refractivity contribution in [1.82, 2.24) is 9.55 Å². The molecule has 0 N–H and O–H groups in total. The van der Waals surface area contributed by atoms with Crippen LogP contribution in [0, 0.1) is 19.7 Å². The molecular formula is C16H13Cl2FN2. The second-order valence-corrected chi connectivity index (χ2v) is 5.70. The van der Waals surface area contributed by atoms with E-state index in [1.165, 1.54) is 17.7 Å². The molecular weight excluding hydrogens is 310 g/mol. The second kappa shape index (κ2) is 5.32. The van der Waals surface area contributed by atoms with Crippen LogP contribution in [0.25, 0.3) is 16.7 Å². The molecule has 0 aliphatic carbocycles. The molecule has 3 rings (SSSR count). The smallest absolute Gasteiger partial charge is 0.144 e. The van der Waals surface area contributed by atoms with E-state index in [1.54, 1.807) is 0 Å². The first-order valence-electron chi connectivity index (χ1n) is 6.51. The quantitative estimate of drug-likeness (QED) is 0.595. The fraction of sp³-hybridized carbons (Fsp3) is 0.188. The fourth-order valence-electron chi connectivity index (χ4n) is 2.37. The molecule has 2 aromatic carbocycles. The molecule has 0 amide bonds. The van der Waals surface area contributed by atoms with E-state index in [0.29, 0.717) is 16.9 Å². The van der Waals surface area contributed by atoms with Crippen molar-refractivity contribution in [2.75, 3.05) is 0 Å². The predicted molar refractivity (Wildman–Crippen MR) is 85.1 cm³/mol. The maximum atomic E-state index is 13.8. The zero-order valence-corrected chi connectivity index (χ0v) is 13.1. The first kappa shape index (κ1) is 14.4. The van der Waals surface area contributed by atoms with E-state index >= 15 is 0 Å². The standard InChI is InChI=1S/C16H13Cl2FN2/c1-9-3-4-11(5-10(9)2)21-15-7-13(19)12(18)6-14(15)20-16(21)8-17/h3-7H,8H2,1-2H3. The normalized spacial score (nSPS) is 11.3. The van der Waals surface area contributed by atoms with Crippen molar-refractivity contribution in [3.63, 3.8) is 0 Å². The van der Waals surface area contributed by atoms with Gasteiger partial charge in [-0.15, -0.1) is 11.6 Å². The molecule has 0 radical (unpaired) electrons. The summed E-state index contributed by atoms with van der Waals surface area (Å²) in [5, 5.41) is 0.0633. The molecule has 5 heteroatoms. The summed E-state index contributed by atoms with van der Waals surface area (Å²) in [5.74, 6) is 0.438. The van der Waals surface area contributed by atoms with Gasteiger partial charge in [-0.05, 0) is 43.2 Å². The lowest BCUT2D eigenvalue weighted by atomic mass is 10.1. The molecule has 21 heavy (non-hydrogen) atoms. The molecule has 1 aromatic heterocycles. The van der Waals surface area contributed by atoms with Crippen molar-refractivity contribution >= 4 is 34.2 Å². The van der Waals surface area contributed by atoms with Crippen LogP contribution in [0.3, 0.4) is 0 Å². The Morgan fingerprint density at radius 1 is 1.14 bits per heavy atom. The molecule has 0 spiro atoms. The zero-order chi connectivity index (χ0) is 15.1. The van der Waals surface area contributed by atoms with E-state index in [4.69, 9.17) is 23.2 Å². The number of rotatable bonds is 2. The van der Waals surface area contributed by atoms with Crippen LogP contribution in [-0.2, 0) is 5.88 Å². The third-order valence-electron chi connectivity index (χ3n) is 3.63. The van der Waals surface area contributed by atoms with Gasteiger partial charge in [0.05, 0.1) is 21.9 Å². The average molecular weight is 323 g/mol. The number of benzene rings is 2. The van der Waals surface area contributed by atoms with Crippen LogP contribution in [0.4, 0.5) is 4.39 Å². The summed E-state index contributed by atoms with van der Waals surface area (Å²) >= 11 is 11.8. The third-order valence-corrected chi connectivity index (χ3v) is 4.16. The minimum absolute atomic E-state index is 0.0633. The molecule has 0 bridgehead atoms. The Morgan fingerprint density at radius 2 is 1.90 bits per heavy atom. The van der Waals surface area contributed by atoms with Crippen LogP contribution in [0.1, 0.15) is 17.0 Å². The van der Waals surface area contributed by atoms with Gasteiger partial charge in [0.2, 0.25) is 0 Å². The largest absolute Gasteiger partial charge is 0.295 e. The zero-order valence-electron chi connectivity index (χ0n) is 11.6. The number of hydrogen-bond acceptors (Lipinski definition) is 1. The lowest BCUT2D eigenvalue weighted by Crippen LogP contribution is -2.00. The van der Waals surface area contributed by atoms with E-state index in [-0.39, 0.29) is 10.9 Å². The highest BCUT2D eigenvalue weighted by atomic mass is 35.5. The van der Waals surface area contributed by atoms with Gasteiger partial charge in [-0.3, -0.25) is 4.57 Å². The van der Waals surface area contributed by atoms with Crippen molar-refractivity contribution < 1.29 is 4.39 Å². The number of imidazole rings is 1. The van der Waals surface area contributed by atoms with Gasteiger partial charge in [0, 0.05) is 11.8 Å². The predicted octanol–water partition coefficient (Wildman–Crippen LogP) is 5.17. The average Bonchev–Trinajstić information content (AvgIpc) is 2.80. The van der Waals surface area contributed by atoms with Crippen LogP contribution in [0.5, 0.6) is 0 Å². The van der Waals surface area contributed by atoms with E-state index in [1.807, 2.05) is 36.6 Å². The lowest BCUT2D eigenvalue weighted by Gasteiger charge is -2.10. The Hall–Kier alpha value is -1.58. The third kappa shape index (κ3) is 2.41. The number of aryl methyl sites for hydroxylation is 2. The molecule has 0 aliphatic heterocycles. The van der Waals surface area contributed by atoms with Gasteiger partial charge in [0.1, 0.15) is 11.6 Å². The summed E-state index contributed by atoms with van der Waals surface area (Å²) in [4.78, 5) is 4.44. The van der Waals surface area contributed by atoms with Crippen molar-refractivity contribution in [2.45, 2.75) is 19.7 Å². The van der Waals surface area contributed by atoms with Crippen LogP contribution in [0.2, 0.25) is 5.02 Å². The van der Waals surface area contributed by atoms with E-state index < -0.39 is 5.82 Å². The van der Waals surface area contributed by atoms with Gasteiger partial charge in [-0.25, -0.2) is 9.37 Å². The molecule has 0 aliphatic rings. The van der Waals surface area contributed by atoms with Gasteiger partial charge in [0.25, 0.3) is 0 Å². The minimum Gasteiger partial charge on any atom is -0.295 e. The van der Waals surface area contributed by atoms with Crippen LogP contribution in [-0.4, -0.2) is 9.55 Å². The van der Waals surface area contributed by atoms with Crippen molar-refractivity contribution in [1.29, 1.82) is 0 Å². The van der Waals surface area contributed by atoms with Crippen LogP contribution < -0.4 is 0 Å². The lowest BCUT2D eigenvalue weighted by molar-refractivity contribution is 0.629. The summed E-state index contributed by atoms with van der Waals surface area (Å²) in [7, 11) is 0. The molecule has 1 heterocycles. The number of hydrogen-bond donors (Lipinski definition) is 0. The summed E-state index contributed by atoms with van der Waals surface area (Å²) in [6, 6.07) is 8.97. The Labute approximate surface area is 132 Å². The Morgan fingerprint density at radius 3 is 2.57 bits per heavy atom. The molecule has 3 aromatic rings. The molecule has 0 saturated carbocycles. The summed E-state index contributed by atoms with van der Waals surface area (Å²) in [5.41, 5.74) is 4.57. The van der Waals surface area contributed by atoms with Gasteiger partial charge in [-0.2, -0.15) is 0 Å². The number of alkyl halides is 1. The number of aromatic nitrogens is 2. The molecule has 0 unspecified atom stereocenters. The Kier molecular flexibility index (Phi) is 3.64. The highest BCUT2D eigenvalue weighted by Crippen LogP contribution is 2.28. The van der Waals surface area contributed by atoms with Crippen LogP contribution in [0.15, 0.2) is 30.3 Å². The maximum Gasteiger partial charge on any atom is 0.144 e. The molecule has 2 nitrogen and oxygen atoms in total. The first-order valence-corrected chi connectivity index (χ1v) is 7.42. The van der Waals surface area contributed by atoms with E-state index in [9.17, 15) is 4.39 Å². The monoisotopic (exact) mass is 322 g/mol. The topological polar surface area (TPSA) is 17.8 Å². The minimum atomic E-state index is -0.463. The number of halogens is 3. The SMILES string of the molecule is Cc1ccc(-n2c(CCl)nc3cc(Cl)c(F)cc32)cc1C. The fourth-order valence-corrected chi connectivity index (χ4v) is 2.70. The summed E-state index contributed by atoms with van der Waals surface area (Å²) < 4.78 is 15.7. The molecule has 108 valence electrons. The molecule has 0 atom stereocenters. The molecule has 0 fully saturated rings. The van der Waals surface area contributed by atoms with E-state index in [0.717, 1.165) is 11.3 Å². The number of fused-ring (bicyclic) bond motifs is 1. The highest BCUT2D eigenvalue weighted by Gasteiger charge is 2.14. The number of nitrogens with zero attached hydrogens (tertiary/aromatic N) is 2. The van der Waals surface area contributed by atoms with Crippen molar-refractivity contribution in [3.05, 3.63) is 58.1 Å². The second-order valence-electron chi connectivity index (χ2n) is 5.02. The van der Waals surface area contributed by atoms with E-state index in [2.05, 4.69) is 4.98 Å². The molecule has 0 saturated heterocycles. The van der Waals surface area contributed by atoms with Gasteiger partial charge >= 0.3 is 0 Å².